The van der Waals surface area contributed by atoms with Crippen LogP contribution in [0.5, 0.6) is 17.2 Å². The Morgan fingerprint density at radius 1 is 1.17 bits per heavy atom. The van der Waals surface area contributed by atoms with Crippen molar-refractivity contribution in [3.8, 4) is 28.5 Å². The Morgan fingerprint density at radius 2 is 2.04 bits per heavy atom. The number of rotatable bonds is 3. The maximum Gasteiger partial charge on any atom is 0.231 e. The van der Waals surface area contributed by atoms with Crippen LogP contribution in [0.25, 0.3) is 22.2 Å². The predicted molar refractivity (Wildman–Crippen MR) is 90.5 cm³/mol. The molecule has 0 fully saturated rings. The molecule has 2 heterocycles. The van der Waals surface area contributed by atoms with Crippen molar-refractivity contribution in [1.29, 1.82) is 0 Å². The van der Waals surface area contributed by atoms with Gasteiger partial charge in [-0.3, -0.25) is 0 Å². The summed E-state index contributed by atoms with van der Waals surface area (Å²) in [6.07, 6.45) is 0. The minimum atomic E-state index is -0.00125. The zero-order valence-corrected chi connectivity index (χ0v) is 13.5. The molecular weight excluding hydrogens is 306 g/mol. The quantitative estimate of drug-likeness (QED) is 0.800. The second-order valence-electron chi connectivity index (χ2n) is 5.75. The fraction of sp³-hybridized carbons (Fsp3) is 0.211. The number of pyridine rings is 1. The lowest BCUT2D eigenvalue weighted by atomic mass is 10.0. The summed E-state index contributed by atoms with van der Waals surface area (Å²) in [5.41, 5.74) is 4.54. The highest BCUT2D eigenvalue weighted by molar-refractivity contribution is 5.86. The monoisotopic (exact) mass is 323 g/mol. The van der Waals surface area contributed by atoms with Crippen molar-refractivity contribution in [3.05, 3.63) is 47.5 Å². The molecule has 1 aromatic heterocycles. The van der Waals surface area contributed by atoms with Gasteiger partial charge in [0.05, 0.1) is 24.9 Å². The third-order valence-corrected chi connectivity index (χ3v) is 4.22. The molecule has 2 aromatic carbocycles. The first-order valence-electron chi connectivity index (χ1n) is 7.69. The Kier molecular flexibility index (Phi) is 3.50. The van der Waals surface area contributed by atoms with Gasteiger partial charge in [0, 0.05) is 10.9 Å². The van der Waals surface area contributed by atoms with Gasteiger partial charge in [-0.25, -0.2) is 4.98 Å². The van der Waals surface area contributed by atoms with E-state index in [1.807, 2.05) is 36.4 Å². The van der Waals surface area contributed by atoms with Crippen molar-refractivity contribution in [2.45, 2.75) is 13.5 Å². The minimum absolute atomic E-state index is 0.00125. The van der Waals surface area contributed by atoms with Crippen LogP contribution < -0.4 is 14.2 Å². The third kappa shape index (κ3) is 2.34. The molecule has 5 heteroatoms. The van der Waals surface area contributed by atoms with Crippen LogP contribution in [0.15, 0.2) is 36.4 Å². The summed E-state index contributed by atoms with van der Waals surface area (Å²) in [5.74, 6) is 1.91. The van der Waals surface area contributed by atoms with Gasteiger partial charge in [-0.2, -0.15) is 0 Å². The van der Waals surface area contributed by atoms with Gasteiger partial charge in [-0.05, 0) is 42.3 Å². The summed E-state index contributed by atoms with van der Waals surface area (Å²) in [4.78, 5) is 4.75. The Labute approximate surface area is 139 Å². The number of aromatic nitrogens is 1. The molecule has 0 atom stereocenters. The number of methoxy groups -OCH3 is 1. The molecule has 3 aromatic rings. The van der Waals surface area contributed by atoms with Crippen LogP contribution >= 0.6 is 0 Å². The van der Waals surface area contributed by atoms with Crippen molar-refractivity contribution in [2.24, 2.45) is 0 Å². The first-order valence-corrected chi connectivity index (χ1v) is 7.69. The highest BCUT2D eigenvalue weighted by Crippen LogP contribution is 2.44. The van der Waals surface area contributed by atoms with Gasteiger partial charge in [0.15, 0.2) is 11.5 Å². The molecule has 1 aliphatic heterocycles. The van der Waals surface area contributed by atoms with Crippen LogP contribution in [0.4, 0.5) is 0 Å². The predicted octanol–water partition coefficient (Wildman–Crippen LogP) is 3.44. The topological polar surface area (TPSA) is 60.8 Å². The third-order valence-electron chi connectivity index (χ3n) is 4.22. The van der Waals surface area contributed by atoms with Crippen LogP contribution in [-0.4, -0.2) is 24.0 Å². The lowest BCUT2D eigenvalue weighted by Gasteiger charge is -2.10. The van der Waals surface area contributed by atoms with E-state index in [1.54, 1.807) is 7.11 Å². The van der Waals surface area contributed by atoms with Crippen molar-refractivity contribution < 1.29 is 19.3 Å². The summed E-state index contributed by atoms with van der Waals surface area (Å²) in [6.45, 7) is 2.24. The van der Waals surface area contributed by atoms with Crippen LogP contribution in [-0.2, 0) is 6.61 Å². The zero-order valence-electron chi connectivity index (χ0n) is 13.5. The molecule has 0 saturated carbocycles. The summed E-state index contributed by atoms with van der Waals surface area (Å²) in [7, 11) is 1.60. The van der Waals surface area contributed by atoms with Gasteiger partial charge in [0.25, 0.3) is 0 Å². The highest BCUT2D eigenvalue weighted by atomic mass is 16.7. The SMILES string of the molecule is COc1cc(-c2cc(C)c3ccc(CO)cc3n2)cc2c1OCO2. The molecule has 0 saturated heterocycles. The number of aliphatic hydroxyl groups excluding tert-OH is 1. The fourth-order valence-electron chi connectivity index (χ4n) is 2.97. The van der Waals surface area contributed by atoms with E-state index < -0.39 is 0 Å². The van der Waals surface area contributed by atoms with Gasteiger partial charge >= 0.3 is 0 Å². The van der Waals surface area contributed by atoms with Crippen molar-refractivity contribution in [2.75, 3.05) is 13.9 Å². The Morgan fingerprint density at radius 3 is 2.83 bits per heavy atom. The van der Waals surface area contributed by atoms with Crippen molar-refractivity contribution in [1.82, 2.24) is 4.98 Å². The average Bonchev–Trinajstić information content (AvgIpc) is 3.08. The second kappa shape index (κ2) is 5.69. The number of fused-ring (bicyclic) bond motifs is 2. The highest BCUT2D eigenvalue weighted by Gasteiger charge is 2.21. The van der Waals surface area contributed by atoms with E-state index in [-0.39, 0.29) is 13.4 Å². The number of ether oxygens (including phenoxy) is 3. The van der Waals surface area contributed by atoms with Crippen LogP contribution in [0.1, 0.15) is 11.1 Å². The molecule has 1 aliphatic rings. The van der Waals surface area contributed by atoms with Gasteiger partial charge in [0.1, 0.15) is 0 Å². The Balaban J connectivity index is 1.90. The summed E-state index contributed by atoms with van der Waals surface area (Å²) in [6, 6.07) is 11.7. The van der Waals surface area contributed by atoms with E-state index in [9.17, 15) is 5.11 Å². The standard InChI is InChI=1S/C19H17NO4/c1-11-5-15(20-16-6-12(9-21)3-4-14(11)16)13-7-17(22-2)19-18(8-13)23-10-24-19/h3-8,21H,9-10H2,1-2H3. The van der Waals surface area contributed by atoms with E-state index in [4.69, 9.17) is 19.2 Å². The fourth-order valence-corrected chi connectivity index (χ4v) is 2.97. The zero-order chi connectivity index (χ0) is 16.7. The van der Waals surface area contributed by atoms with Crippen molar-refractivity contribution in [3.63, 3.8) is 0 Å². The van der Waals surface area contributed by atoms with Crippen LogP contribution in [0.2, 0.25) is 0 Å². The van der Waals surface area contributed by atoms with E-state index >= 15 is 0 Å². The second-order valence-corrected chi connectivity index (χ2v) is 5.75. The minimum Gasteiger partial charge on any atom is -0.493 e. The summed E-state index contributed by atoms with van der Waals surface area (Å²) < 4.78 is 16.3. The molecule has 0 bridgehead atoms. The Bertz CT molecular complexity index is 936. The summed E-state index contributed by atoms with van der Waals surface area (Å²) in [5, 5.41) is 10.4. The number of aliphatic hydroxyl groups is 1. The lowest BCUT2D eigenvalue weighted by Crippen LogP contribution is -1.93. The normalized spacial score (nSPS) is 12.6. The molecule has 24 heavy (non-hydrogen) atoms. The maximum atomic E-state index is 9.35. The first-order chi connectivity index (χ1) is 11.7. The molecule has 4 rings (SSSR count). The molecular formula is C19H17NO4. The van der Waals surface area contributed by atoms with Gasteiger partial charge in [0.2, 0.25) is 12.5 Å². The number of benzene rings is 2. The molecule has 0 radical (unpaired) electrons. The van der Waals surface area contributed by atoms with E-state index in [0.29, 0.717) is 17.2 Å². The van der Waals surface area contributed by atoms with E-state index in [2.05, 4.69) is 6.92 Å². The van der Waals surface area contributed by atoms with Crippen LogP contribution in [0, 0.1) is 6.92 Å². The van der Waals surface area contributed by atoms with Crippen LogP contribution in [0.3, 0.4) is 0 Å². The molecule has 0 amide bonds. The number of hydrogen-bond donors (Lipinski definition) is 1. The number of nitrogens with zero attached hydrogens (tertiary/aromatic N) is 1. The molecule has 122 valence electrons. The molecule has 0 spiro atoms. The van der Waals surface area contributed by atoms with Crippen molar-refractivity contribution >= 4 is 10.9 Å². The Hall–Kier alpha value is -2.79. The van der Waals surface area contributed by atoms with Gasteiger partial charge in [-0.1, -0.05) is 12.1 Å². The largest absolute Gasteiger partial charge is 0.493 e. The summed E-state index contributed by atoms with van der Waals surface area (Å²) >= 11 is 0. The lowest BCUT2D eigenvalue weighted by molar-refractivity contribution is 0.171. The van der Waals surface area contributed by atoms with Gasteiger partial charge < -0.3 is 19.3 Å². The molecule has 0 aliphatic carbocycles. The molecule has 0 unspecified atom stereocenters. The first kappa shape index (κ1) is 14.8. The average molecular weight is 323 g/mol. The molecule has 5 nitrogen and oxygen atoms in total. The van der Waals surface area contributed by atoms with E-state index in [1.165, 1.54) is 0 Å². The number of aryl methyl sites for hydroxylation is 1. The van der Waals surface area contributed by atoms with Gasteiger partial charge in [-0.15, -0.1) is 0 Å². The van der Waals surface area contributed by atoms with E-state index in [0.717, 1.165) is 33.3 Å². The maximum absolute atomic E-state index is 9.35. The molecule has 1 N–H and O–H groups in total. The number of hydrogen-bond acceptors (Lipinski definition) is 5. The smallest absolute Gasteiger partial charge is 0.231 e.